The third-order valence-corrected chi connectivity index (χ3v) is 5.34. The first-order valence-corrected chi connectivity index (χ1v) is 10.8. The second-order valence-corrected chi connectivity index (χ2v) is 7.57. The van der Waals surface area contributed by atoms with Crippen LogP contribution in [0.15, 0.2) is 48.5 Å². The molecule has 33 heavy (non-hydrogen) atoms. The number of anilines is 1. The molecule has 0 radical (unpaired) electrons. The van der Waals surface area contributed by atoms with Gasteiger partial charge in [0.1, 0.15) is 11.9 Å². The van der Waals surface area contributed by atoms with Gasteiger partial charge in [-0.3, -0.25) is 14.4 Å². The summed E-state index contributed by atoms with van der Waals surface area (Å²) in [6, 6.07) is 11.2. The van der Waals surface area contributed by atoms with Crippen LogP contribution >= 0.6 is 0 Å². The van der Waals surface area contributed by atoms with Gasteiger partial charge in [0, 0.05) is 25.3 Å². The maximum atomic E-state index is 13.1. The predicted molar refractivity (Wildman–Crippen MR) is 119 cm³/mol. The van der Waals surface area contributed by atoms with Crippen LogP contribution in [-0.4, -0.2) is 59.2 Å². The van der Waals surface area contributed by atoms with Crippen LogP contribution in [0.2, 0.25) is 0 Å². The van der Waals surface area contributed by atoms with E-state index in [0.29, 0.717) is 23.2 Å². The number of nitrogens with zero attached hydrogens (tertiary/aromatic N) is 2. The van der Waals surface area contributed by atoms with Gasteiger partial charge in [-0.1, -0.05) is 25.1 Å². The smallest absolute Gasteiger partial charge is 0.338 e. The molecule has 0 aromatic heterocycles. The summed E-state index contributed by atoms with van der Waals surface area (Å²) >= 11 is 0. The molecule has 1 fully saturated rings. The van der Waals surface area contributed by atoms with E-state index in [9.17, 15) is 23.6 Å². The number of carbonyl (C=O) groups is 4. The van der Waals surface area contributed by atoms with Crippen molar-refractivity contribution in [2.45, 2.75) is 32.9 Å². The Bertz CT molecular complexity index is 1040. The third kappa shape index (κ3) is 5.74. The Kier molecular flexibility index (Phi) is 7.76. The van der Waals surface area contributed by atoms with Crippen LogP contribution in [0.1, 0.15) is 36.2 Å². The fourth-order valence-electron chi connectivity index (χ4n) is 3.66. The molecule has 0 spiro atoms. The minimum atomic E-state index is -0.847. The van der Waals surface area contributed by atoms with E-state index in [1.807, 2.05) is 0 Å². The van der Waals surface area contributed by atoms with Gasteiger partial charge in [-0.05, 0) is 49.2 Å². The Balaban J connectivity index is 1.66. The Morgan fingerprint density at radius 3 is 2.45 bits per heavy atom. The van der Waals surface area contributed by atoms with Gasteiger partial charge in [0.2, 0.25) is 5.91 Å². The Morgan fingerprint density at radius 2 is 1.79 bits per heavy atom. The molecule has 1 heterocycles. The van der Waals surface area contributed by atoms with Gasteiger partial charge in [-0.2, -0.15) is 0 Å². The van der Waals surface area contributed by atoms with Crippen LogP contribution in [0.5, 0.6) is 0 Å². The molecular weight excluding hydrogens is 429 g/mol. The summed E-state index contributed by atoms with van der Waals surface area (Å²) in [4.78, 5) is 53.0. The third-order valence-electron chi connectivity index (χ3n) is 5.34. The Morgan fingerprint density at radius 1 is 1.06 bits per heavy atom. The number of benzene rings is 2. The quantitative estimate of drug-likeness (QED) is 0.488. The highest BCUT2D eigenvalue weighted by Gasteiger charge is 2.38. The first kappa shape index (κ1) is 23.9. The van der Waals surface area contributed by atoms with Gasteiger partial charge in [-0.25, -0.2) is 9.18 Å². The van der Waals surface area contributed by atoms with Crippen molar-refractivity contribution in [3.05, 3.63) is 65.5 Å². The molecule has 1 saturated heterocycles. The number of nitrogens with one attached hydrogen (secondary N) is 1. The van der Waals surface area contributed by atoms with Crippen molar-refractivity contribution in [1.82, 2.24) is 9.80 Å². The fourth-order valence-corrected chi connectivity index (χ4v) is 3.66. The average Bonchev–Trinajstić information content (AvgIpc) is 2.80. The molecule has 1 N–H and O–H groups in total. The zero-order chi connectivity index (χ0) is 24.0. The lowest BCUT2D eigenvalue weighted by molar-refractivity contribution is -0.159. The second-order valence-electron chi connectivity index (χ2n) is 7.57. The summed E-state index contributed by atoms with van der Waals surface area (Å²) in [7, 11) is 0. The summed E-state index contributed by atoms with van der Waals surface area (Å²) in [5.41, 5.74) is 1.39. The van der Waals surface area contributed by atoms with Crippen LogP contribution in [-0.2, 0) is 25.7 Å². The van der Waals surface area contributed by atoms with Crippen molar-refractivity contribution in [1.29, 1.82) is 0 Å². The summed E-state index contributed by atoms with van der Waals surface area (Å²) in [5, 5.41) is 2.72. The van der Waals surface area contributed by atoms with Crippen molar-refractivity contribution >= 4 is 29.4 Å². The van der Waals surface area contributed by atoms with Crippen LogP contribution in [0.25, 0.3) is 0 Å². The molecule has 2 aromatic carbocycles. The average molecular weight is 455 g/mol. The zero-order valence-electron chi connectivity index (χ0n) is 18.5. The first-order chi connectivity index (χ1) is 15.8. The van der Waals surface area contributed by atoms with Gasteiger partial charge in [-0.15, -0.1) is 0 Å². The lowest BCUT2D eigenvalue weighted by atomic mass is 10.1. The molecule has 3 amide bonds. The van der Waals surface area contributed by atoms with Crippen LogP contribution in [0, 0.1) is 5.82 Å². The molecule has 2 aromatic rings. The summed E-state index contributed by atoms with van der Waals surface area (Å²) in [6.45, 7) is 4.32. The van der Waals surface area contributed by atoms with E-state index in [4.69, 9.17) is 4.74 Å². The van der Waals surface area contributed by atoms with Gasteiger partial charge in [0.25, 0.3) is 0 Å². The zero-order valence-corrected chi connectivity index (χ0v) is 18.5. The highest BCUT2D eigenvalue weighted by Crippen LogP contribution is 2.18. The minimum Gasteiger partial charge on any atom is -0.462 e. The molecule has 3 rings (SSSR count). The molecule has 8 nitrogen and oxygen atoms in total. The monoisotopic (exact) mass is 455 g/mol. The molecule has 0 aliphatic carbocycles. The normalized spacial score (nSPS) is 14.8. The SMILES string of the molecule is CCOC(=O)c1cccc(NC(=O)[C@H](CC)N2CCN(Cc3ccc(F)cc3)C(=O)C2=O)c1. The van der Waals surface area contributed by atoms with Crippen LogP contribution in [0.3, 0.4) is 0 Å². The molecule has 1 atom stereocenters. The number of halogens is 1. The van der Waals surface area contributed by atoms with Crippen molar-refractivity contribution < 1.29 is 28.3 Å². The van der Waals surface area contributed by atoms with Gasteiger partial charge in [0.15, 0.2) is 0 Å². The predicted octanol–water partition coefficient (Wildman–Crippen LogP) is 2.59. The highest BCUT2D eigenvalue weighted by atomic mass is 19.1. The fraction of sp³-hybridized carbons (Fsp3) is 0.333. The lowest BCUT2D eigenvalue weighted by Crippen LogP contribution is -2.59. The molecular formula is C24H26FN3O5. The molecule has 0 unspecified atom stereocenters. The highest BCUT2D eigenvalue weighted by molar-refractivity contribution is 6.35. The Hall–Kier alpha value is -3.75. The lowest BCUT2D eigenvalue weighted by Gasteiger charge is -2.37. The molecule has 9 heteroatoms. The number of ether oxygens (including phenoxy) is 1. The number of hydrogen-bond acceptors (Lipinski definition) is 5. The maximum absolute atomic E-state index is 13.1. The second kappa shape index (κ2) is 10.7. The van der Waals surface area contributed by atoms with Crippen molar-refractivity contribution in [2.24, 2.45) is 0 Å². The molecule has 0 bridgehead atoms. The van der Waals surface area contributed by atoms with E-state index in [-0.39, 0.29) is 32.1 Å². The van der Waals surface area contributed by atoms with Crippen molar-refractivity contribution in [2.75, 3.05) is 25.0 Å². The number of rotatable bonds is 8. The summed E-state index contributed by atoms with van der Waals surface area (Å²) < 4.78 is 18.1. The van der Waals surface area contributed by atoms with Crippen molar-refractivity contribution in [3.8, 4) is 0 Å². The number of amides is 3. The minimum absolute atomic E-state index is 0.183. The molecule has 174 valence electrons. The molecule has 1 aliphatic rings. The number of hydrogen-bond donors (Lipinski definition) is 1. The van der Waals surface area contributed by atoms with E-state index in [2.05, 4.69) is 5.32 Å². The van der Waals surface area contributed by atoms with Crippen LogP contribution in [0.4, 0.5) is 10.1 Å². The largest absolute Gasteiger partial charge is 0.462 e. The summed E-state index contributed by atoms with van der Waals surface area (Å²) in [6.07, 6.45) is 0.306. The van der Waals surface area contributed by atoms with Gasteiger partial charge < -0.3 is 19.9 Å². The van der Waals surface area contributed by atoms with E-state index < -0.39 is 29.7 Å². The number of esters is 1. The topological polar surface area (TPSA) is 96.0 Å². The number of carbonyl (C=O) groups excluding carboxylic acids is 4. The van der Waals surface area contributed by atoms with E-state index in [1.165, 1.54) is 28.0 Å². The first-order valence-electron chi connectivity index (χ1n) is 10.8. The van der Waals surface area contributed by atoms with Crippen LogP contribution < -0.4 is 5.32 Å². The standard InChI is InChI=1S/C24H26FN3O5/c1-3-20(21(29)26-19-7-5-6-17(14-19)24(32)33-4-2)28-13-12-27(22(30)23(28)31)15-16-8-10-18(25)11-9-16/h5-11,14,20H,3-4,12-13,15H2,1-2H3,(H,26,29)/t20-/m0/s1. The molecule has 1 aliphatic heterocycles. The van der Waals surface area contributed by atoms with E-state index in [0.717, 1.165) is 0 Å². The number of piperazine rings is 1. The van der Waals surface area contributed by atoms with E-state index >= 15 is 0 Å². The molecule has 0 saturated carbocycles. The van der Waals surface area contributed by atoms with Crippen molar-refractivity contribution in [3.63, 3.8) is 0 Å². The maximum Gasteiger partial charge on any atom is 0.338 e. The van der Waals surface area contributed by atoms with Gasteiger partial charge in [0.05, 0.1) is 12.2 Å². The Labute approximate surface area is 191 Å². The summed E-state index contributed by atoms with van der Waals surface area (Å²) in [5.74, 6) is -2.80. The van der Waals surface area contributed by atoms with Gasteiger partial charge >= 0.3 is 17.8 Å². The van der Waals surface area contributed by atoms with E-state index in [1.54, 1.807) is 44.2 Å².